The van der Waals surface area contributed by atoms with Crippen LogP contribution in [0.3, 0.4) is 0 Å². The number of benzene rings is 1. The molecule has 1 aromatic rings. The molecule has 1 aromatic carbocycles. The van der Waals surface area contributed by atoms with Gasteiger partial charge in [0, 0.05) is 24.7 Å². The fourth-order valence-electron chi connectivity index (χ4n) is 3.99. The molecular formula is C18H28N2O. The van der Waals surface area contributed by atoms with Crippen LogP contribution in [-0.4, -0.2) is 34.7 Å². The van der Waals surface area contributed by atoms with Gasteiger partial charge in [0.2, 0.25) is 0 Å². The van der Waals surface area contributed by atoms with E-state index in [9.17, 15) is 5.11 Å². The van der Waals surface area contributed by atoms with Crippen LogP contribution in [0.1, 0.15) is 51.0 Å². The topological polar surface area (TPSA) is 35.5 Å². The number of phenols is 1. The van der Waals surface area contributed by atoms with E-state index in [1.54, 1.807) is 6.07 Å². The van der Waals surface area contributed by atoms with Gasteiger partial charge in [-0.25, -0.2) is 0 Å². The van der Waals surface area contributed by atoms with Crippen molar-refractivity contribution in [3.63, 3.8) is 0 Å². The number of phenolic OH excluding ortho intramolecular Hbond substituents is 1. The summed E-state index contributed by atoms with van der Waals surface area (Å²) in [6.07, 6.45) is 7.96. The Kier molecular flexibility index (Phi) is 4.51. The number of rotatable bonds is 2. The first-order valence-corrected chi connectivity index (χ1v) is 8.44. The maximum atomic E-state index is 9.68. The van der Waals surface area contributed by atoms with Gasteiger partial charge in [-0.1, -0.05) is 31.4 Å². The second-order valence-electron chi connectivity index (χ2n) is 6.98. The van der Waals surface area contributed by atoms with E-state index >= 15 is 0 Å². The van der Waals surface area contributed by atoms with E-state index in [-0.39, 0.29) is 0 Å². The Hall–Kier alpha value is -1.06. The van der Waals surface area contributed by atoms with E-state index in [4.69, 9.17) is 0 Å². The molecule has 1 saturated heterocycles. The molecule has 1 atom stereocenters. The average molecular weight is 288 g/mol. The van der Waals surface area contributed by atoms with E-state index in [2.05, 4.69) is 23.2 Å². The van der Waals surface area contributed by atoms with Crippen LogP contribution in [0, 0.1) is 0 Å². The molecule has 21 heavy (non-hydrogen) atoms. The summed E-state index contributed by atoms with van der Waals surface area (Å²) < 4.78 is 0. The molecule has 2 N–H and O–H groups in total. The quantitative estimate of drug-likeness (QED) is 0.876. The molecule has 3 nitrogen and oxygen atoms in total. The number of nitrogens with one attached hydrogen (secondary N) is 1. The van der Waals surface area contributed by atoms with Crippen molar-refractivity contribution < 1.29 is 5.11 Å². The van der Waals surface area contributed by atoms with Gasteiger partial charge in [-0.15, -0.1) is 0 Å². The van der Waals surface area contributed by atoms with Gasteiger partial charge in [0.1, 0.15) is 5.75 Å². The molecule has 1 unspecified atom stereocenters. The molecule has 1 saturated carbocycles. The lowest BCUT2D eigenvalue weighted by Gasteiger charge is -2.41. The summed E-state index contributed by atoms with van der Waals surface area (Å²) in [5.41, 5.74) is 1.55. The zero-order valence-electron chi connectivity index (χ0n) is 13.1. The third kappa shape index (κ3) is 3.58. The summed E-state index contributed by atoms with van der Waals surface area (Å²) in [6, 6.07) is 8.32. The summed E-state index contributed by atoms with van der Waals surface area (Å²) in [6.45, 7) is 5.56. The molecule has 0 amide bonds. The van der Waals surface area contributed by atoms with Crippen molar-refractivity contribution in [2.24, 2.45) is 0 Å². The van der Waals surface area contributed by atoms with Crippen LogP contribution in [0.5, 0.6) is 5.75 Å². The minimum Gasteiger partial charge on any atom is -0.508 e. The Morgan fingerprint density at radius 1 is 1.29 bits per heavy atom. The van der Waals surface area contributed by atoms with Crippen LogP contribution in [-0.2, 0) is 6.54 Å². The van der Waals surface area contributed by atoms with Crippen LogP contribution < -0.4 is 5.32 Å². The predicted molar refractivity (Wildman–Crippen MR) is 86.4 cm³/mol. The molecule has 0 radical (unpaired) electrons. The van der Waals surface area contributed by atoms with Gasteiger partial charge in [-0.2, -0.15) is 0 Å². The van der Waals surface area contributed by atoms with Crippen LogP contribution in [0.4, 0.5) is 0 Å². The number of nitrogens with zero attached hydrogens (tertiary/aromatic N) is 1. The van der Waals surface area contributed by atoms with Crippen molar-refractivity contribution >= 4 is 0 Å². The zero-order chi connectivity index (χ0) is 14.7. The first kappa shape index (κ1) is 14.9. The summed E-state index contributed by atoms with van der Waals surface area (Å²) in [4.78, 5) is 2.61. The highest BCUT2D eigenvalue weighted by Crippen LogP contribution is 2.32. The van der Waals surface area contributed by atoms with Gasteiger partial charge in [0.05, 0.1) is 0 Å². The molecule has 116 valence electrons. The normalized spacial score (nSPS) is 26.6. The minimum atomic E-state index is 0.333. The van der Waals surface area contributed by atoms with E-state index < -0.39 is 0 Å². The SMILES string of the molecule is CC1CCNC2(CCCCC2)CN1Cc1cccc(O)c1. The lowest BCUT2D eigenvalue weighted by atomic mass is 9.81. The largest absolute Gasteiger partial charge is 0.508 e. The molecule has 1 spiro atoms. The highest BCUT2D eigenvalue weighted by Gasteiger charge is 2.36. The van der Waals surface area contributed by atoms with E-state index in [1.807, 2.05) is 12.1 Å². The molecule has 1 heterocycles. The molecule has 1 aliphatic heterocycles. The molecule has 1 aliphatic carbocycles. The van der Waals surface area contributed by atoms with Gasteiger partial charge >= 0.3 is 0 Å². The number of aromatic hydroxyl groups is 1. The van der Waals surface area contributed by atoms with E-state index in [0.29, 0.717) is 17.3 Å². The molecule has 2 fully saturated rings. The molecule has 2 aliphatic rings. The first-order chi connectivity index (χ1) is 10.2. The lowest BCUT2D eigenvalue weighted by molar-refractivity contribution is 0.131. The van der Waals surface area contributed by atoms with Crippen molar-refractivity contribution in [3.8, 4) is 5.75 Å². The van der Waals surface area contributed by atoms with Crippen LogP contribution in [0.25, 0.3) is 0 Å². The predicted octanol–water partition coefficient (Wildman–Crippen LogP) is 3.28. The Morgan fingerprint density at radius 3 is 2.86 bits per heavy atom. The fourth-order valence-corrected chi connectivity index (χ4v) is 3.99. The standard InChI is InChI=1S/C18H28N2O/c1-15-8-11-19-18(9-3-2-4-10-18)14-20(15)13-16-6-5-7-17(21)12-16/h5-7,12,15,19,21H,2-4,8-11,13-14H2,1H3. The maximum absolute atomic E-state index is 9.68. The highest BCUT2D eigenvalue weighted by molar-refractivity contribution is 5.27. The third-order valence-electron chi connectivity index (χ3n) is 5.30. The second-order valence-corrected chi connectivity index (χ2v) is 6.98. The fraction of sp³-hybridized carbons (Fsp3) is 0.667. The van der Waals surface area contributed by atoms with Crippen molar-refractivity contribution in [3.05, 3.63) is 29.8 Å². The number of hydrogen-bond donors (Lipinski definition) is 2. The molecule has 3 heteroatoms. The Labute approximate surface area is 128 Å². The summed E-state index contributed by atoms with van der Waals surface area (Å²) in [5, 5.41) is 13.5. The Morgan fingerprint density at radius 2 is 2.10 bits per heavy atom. The van der Waals surface area contributed by atoms with Crippen LogP contribution >= 0.6 is 0 Å². The summed E-state index contributed by atoms with van der Waals surface area (Å²) in [5.74, 6) is 0.375. The van der Waals surface area contributed by atoms with E-state index in [1.165, 1.54) is 44.1 Å². The molecule has 3 rings (SSSR count). The van der Waals surface area contributed by atoms with Crippen molar-refractivity contribution in [1.82, 2.24) is 10.2 Å². The zero-order valence-corrected chi connectivity index (χ0v) is 13.1. The van der Waals surface area contributed by atoms with Gasteiger partial charge in [0.15, 0.2) is 0 Å². The number of hydrogen-bond acceptors (Lipinski definition) is 3. The van der Waals surface area contributed by atoms with Crippen molar-refractivity contribution in [2.75, 3.05) is 13.1 Å². The molecular weight excluding hydrogens is 260 g/mol. The summed E-state index contributed by atoms with van der Waals surface area (Å²) >= 11 is 0. The summed E-state index contributed by atoms with van der Waals surface area (Å²) in [7, 11) is 0. The van der Waals surface area contributed by atoms with Crippen LogP contribution in [0.2, 0.25) is 0 Å². The van der Waals surface area contributed by atoms with Crippen molar-refractivity contribution in [1.29, 1.82) is 0 Å². The molecule has 0 aromatic heterocycles. The average Bonchev–Trinajstić information content (AvgIpc) is 2.60. The van der Waals surface area contributed by atoms with Gasteiger partial charge in [-0.3, -0.25) is 4.90 Å². The van der Waals surface area contributed by atoms with Crippen LogP contribution in [0.15, 0.2) is 24.3 Å². The maximum Gasteiger partial charge on any atom is 0.115 e. The highest BCUT2D eigenvalue weighted by atomic mass is 16.3. The molecule has 0 bridgehead atoms. The van der Waals surface area contributed by atoms with E-state index in [0.717, 1.165) is 19.6 Å². The second kappa shape index (κ2) is 6.37. The monoisotopic (exact) mass is 288 g/mol. The smallest absolute Gasteiger partial charge is 0.115 e. The Bertz CT molecular complexity index is 468. The van der Waals surface area contributed by atoms with Gasteiger partial charge in [-0.05, 0) is 50.4 Å². The van der Waals surface area contributed by atoms with Gasteiger partial charge in [0.25, 0.3) is 0 Å². The van der Waals surface area contributed by atoms with Gasteiger partial charge < -0.3 is 10.4 Å². The first-order valence-electron chi connectivity index (χ1n) is 8.44. The third-order valence-corrected chi connectivity index (χ3v) is 5.30. The minimum absolute atomic E-state index is 0.333. The lowest BCUT2D eigenvalue weighted by Crippen LogP contribution is -2.53. The van der Waals surface area contributed by atoms with Crippen molar-refractivity contribution in [2.45, 2.75) is 63.6 Å². The Balaban J connectivity index is 1.74.